The van der Waals surface area contributed by atoms with Crippen molar-refractivity contribution in [3.63, 3.8) is 0 Å². The molecule has 3 aliphatic rings. The summed E-state index contributed by atoms with van der Waals surface area (Å²) in [7, 11) is 0. The van der Waals surface area contributed by atoms with Crippen LogP contribution >= 0.6 is 11.8 Å². The van der Waals surface area contributed by atoms with E-state index in [1.54, 1.807) is 11.8 Å². The Kier molecular flexibility index (Phi) is 3.53. The Labute approximate surface area is 120 Å². The molecule has 1 amide bonds. The van der Waals surface area contributed by atoms with E-state index in [1.165, 1.54) is 25.7 Å². The van der Waals surface area contributed by atoms with Gasteiger partial charge in [0.2, 0.25) is 0 Å². The average molecular weight is 279 g/mol. The molecule has 3 rings (SSSR count). The number of nitrogens with zero attached hydrogens (tertiary/aromatic N) is 1. The lowest BCUT2D eigenvalue weighted by molar-refractivity contribution is -0.120. The number of thioether (sulfide) groups is 1. The van der Waals surface area contributed by atoms with Crippen molar-refractivity contribution in [2.75, 3.05) is 0 Å². The highest BCUT2D eigenvalue weighted by Crippen LogP contribution is 2.52. The first-order valence-corrected chi connectivity index (χ1v) is 8.67. The molecule has 0 aromatic rings. The molecular weight excluding hydrogens is 254 g/mol. The first-order valence-electron chi connectivity index (χ1n) is 7.86. The molecule has 0 radical (unpaired) electrons. The monoisotopic (exact) mass is 279 g/mol. The molecule has 0 aromatic heterocycles. The van der Waals surface area contributed by atoms with E-state index in [1.807, 2.05) is 0 Å². The fourth-order valence-electron chi connectivity index (χ4n) is 4.42. The van der Waals surface area contributed by atoms with Crippen molar-refractivity contribution in [1.29, 1.82) is 0 Å². The van der Waals surface area contributed by atoms with Crippen molar-refractivity contribution in [3.05, 3.63) is 0 Å². The Hall–Kier alpha value is -0.310. The van der Waals surface area contributed by atoms with E-state index in [0.29, 0.717) is 5.92 Å². The SMILES string of the molecule is CC[C@]1(C(C)C)SC(CC2C[C@@H]3CC[C@H]2C3)=NC1=O. The van der Waals surface area contributed by atoms with Crippen molar-refractivity contribution in [2.24, 2.45) is 28.7 Å². The minimum atomic E-state index is -0.257. The fourth-order valence-corrected chi connectivity index (χ4v) is 5.78. The number of hydrogen-bond acceptors (Lipinski definition) is 2. The minimum absolute atomic E-state index is 0.133. The number of hydrogen-bond donors (Lipinski definition) is 0. The summed E-state index contributed by atoms with van der Waals surface area (Å²) in [6.07, 6.45) is 7.68. The van der Waals surface area contributed by atoms with Crippen LogP contribution in [0, 0.1) is 23.7 Å². The Morgan fingerprint density at radius 1 is 1.37 bits per heavy atom. The Morgan fingerprint density at radius 2 is 2.16 bits per heavy atom. The predicted octanol–water partition coefficient (Wildman–Crippen LogP) is 4.29. The van der Waals surface area contributed by atoms with Gasteiger partial charge < -0.3 is 0 Å². The van der Waals surface area contributed by atoms with E-state index < -0.39 is 0 Å². The molecule has 2 saturated carbocycles. The normalized spacial score (nSPS) is 41.4. The lowest BCUT2D eigenvalue weighted by Crippen LogP contribution is -2.36. The van der Waals surface area contributed by atoms with Crippen LogP contribution in [0.4, 0.5) is 0 Å². The standard InChI is InChI=1S/C16H25NOS/c1-4-16(10(2)3)15(18)17-14(19-16)9-13-8-11-5-6-12(13)7-11/h10-13H,4-9H2,1-3H3/t11-,12+,13?,16-/m1/s1. The van der Waals surface area contributed by atoms with Gasteiger partial charge in [-0.3, -0.25) is 4.79 Å². The second kappa shape index (κ2) is 4.91. The zero-order chi connectivity index (χ0) is 13.6. The summed E-state index contributed by atoms with van der Waals surface area (Å²) in [6.45, 7) is 6.44. The number of aliphatic imine (C=N–C) groups is 1. The number of amides is 1. The van der Waals surface area contributed by atoms with Crippen LogP contribution in [0.3, 0.4) is 0 Å². The van der Waals surface area contributed by atoms with Gasteiger partial charge in [-0.05, 0) is 55.8 Å². The van der Waals surface area contributed by atoms with Gasteiger partial charge in [0.15, 0.2) is 0 Å². The molecule has 0 spiro atoms. The summed E-state index contributed by atoms with van der Waals surface area (Å²) in [6, 6.07) is 0. The van der Waals surface area contributed by atoms with Crippen molar-refractivity contribution < 1.29 is 4.79 Å². The summed E-state index contributed by atoms with van der Waals surface area (Å²) < 4.78 is -0.257. The largest absolute Gasteiger partial charge is 0.271 e. The molecule has 4 atom stereocenters. The van der Waals surface area contributed by atoms with E-state index in [-0.39, 0.29) is 10.7 Å². The topological polar surface area (TPSA) is 29.4 Å². The minimum Gasteiger partial charge on any atom is -0.271 e. The summed E-state index contributed by atoms with van der Waals surface area (Å²) in [5, 5.41) is 1.14. The molecule has 1 aliphatic heterocycles. The third kappa shape index (κ3) is 2.18. The maximum absolute atomic E-state index is 12.3. The van der Waals surface area contributed by atoms with Crippen LogP contribution in [0.1, 0.15) is 59.3 Å². The van der Waals surface area contributed by atoms with Crippen LogP contribution in [0.25, 0.3) is 0 Å². The van der Waals surface area contributed by atoms with Crippen LogP contribution in [0.15, 0.2) is 4.99 Å². The maximum atomic E-state index is 12.3. The average Bonchev–Trinajstić information content (AvgIpc) is 3.03. The molecule has 0 aromatic carbocycles. The highest BCUT2D eigenvalue weighted by Gasteiger charge is 2.48. The molecule has 1 unspecified atom stereocenters. The van der Waals surface area contributed by atoms with Crippen molar-refractivity contribution in [2.45, 2.75) is 64.0 Å². The molecule has 2 aliphatic carbocycles. The van der Waals surface area contributed by atoms with E-state index in [2.05, 4.69) is 25.8 Å². The maximum Gasteiger partial charge on any atom is 0.263 e. The van der Waals surface area contributed by atoms with E-state index >= 15 is 0 Å². The fraction of sp³-hybridized carbons (Fsp3) is 0.875. The van der Waals surface area contributed by atoms with Crippen LogP contribution < -0.4 is 0 Å². The van der Waals surface area contributed by atoms with Gasteiger partial charge in [-0.25, -0.2) is 4.99 Å². The zero-order valence-corrected chi connectivity index (χ0v) is 13.1. The lowest BCUT2D eigenvalue weighted by Gasteiger charge is -2.28. The molecule has 2 bridgehead atoms. The summed E-state index contributed by atoms with van der Waals surface area (Å²) in [5.74, 6) is 3.24. The first kappa shape index (κ1) is 13.7. The molecule has 0 saturated heterocycles. The molecule has 106 valence electrons. The van der Waals surface area contributed by atoms with Gasteiger partial charge >= 0.3 is 0 Å². The van der Waals surface area contributed by atoms with Gasteiger partial charge in [0.25, 0.3) is 5.91 Å². The number of rotatable bonds is 4. The summed E-state index contributed by atoms with van der Waals surface area (Å²) in [5.41, 5.74) is 0. The van der Waals surface area contributed by atoms with E-state index in [9.17, 15) is 4.79 Å². The number of fused-ring (bicyclic) bond motifs is 2. The summed E-state index contributed by atoms with van der Waals surface area (Å²) in [4.78, 5) is 16.7. The highest BCUT2D eigenvalue weighted by atomic mass is 32.2. The van der Waals surface area contributed by atoms with Gasteiger partial charge in [0.05, 0.1) is 5.04 Å². The van der Waals surface area contributed by atoms with Gasteiger partial charge in [0, 0.05) is 0 Å². The second-order valence-corrected chi connectivity index (χ2v) is 8.35. The smallest absolute Gasteiger partial charge is 0.263 e. The van der Waals surface area contributed by atoms with Gasteiger partial charge in [0.1, 0.15) is 4.75 Å². The molecule has 19 heavy (non-hydrogen) atoms. The Balaban J connectivity index is 1.67. The van der Waals surface area contributed by atoms with Gasteiger partial charge in [-0.15, -0.1) is 0 Å². The second-order valence-electron chi connectivity index (χ2n) is 6.95. The van der Waals surface area contributed by atoms with Crippen LogP contribution in [-0.2, 0) is 4.79 Å². The van der Waals surface area contributed by atoms with E-state index in [0.717, 1.165) is 35.6 Å². The zero-order valence-electron chi connectivity index (χ0n) is 12.3. The molecule has 0 N–H and O–H groups in total. The lowest BCUT2D eigenvalue weighted by atomic mass is 9.87. The van der Waals surface area contributed by atoms with Gasteiger partial charge in [-0.2, -0.15) is 0 Å². The Bertz CT molecular complexity index is 417. The quantitative estimate of drug-likeness (QED) is 0.768. The molecule has 2 nitrogen and oxygen atoms in total. The first-order chi connectivity index (χ1) is 9.05. The number of carbonyl (C=O) groups is 1. The third-order valence-corrected chi connectivity index (χ3v) is 7.46. The third-order valence-electron chi connectivity index (χ3n) is 5.67. The van der Waals surface area contributed by atoms with Crippen LogP contribution in [0.5, 0.6) is 0 Å². The predicted molar refractivity (Wildman–Crippen MR) is 81.4 cm³/mol. The van der Waals surface area contributed by atoms with Crippen molar-refractivity contribution >= 4 is 22.7 Å². The molecule has 3 heteroatoms. The molecule has 1 heterocycles. The molecule has 2 fully saturated rings. The number of carbonyl (C=O) groups excluding carboxylic acids is 1. The summed E-state index contributed by atoms with van der Waals surface area (Å²) >= 11 is 1.79. The molecular formula is C16H25NOS. The Morgan fingerprint density at radius 3 is 2.63 bits per heavy atom. The van der Waals surface area contributed by atoms with Crippen LogP contribution in [-0.4, -0.2) is 15.7 Å². The highest BCUT2D eigenvalue weighted by molar-refractivity contribution is 8.16. The van der Waals surface area contributed by atoms with Crippen molar-refractivity contribution in [1.82, 2.24) is 0 Å². The van der Waals surface area contributed by atoms with Crippen LogP contribution in [0.2, 0.25) is 0 Å². The van der Waals surface area contributed by atoms with E-state index in [4.69, 9.17) is 0 Å². The van der Waals surface area contributed by atoms with Crippen molar-refractivity contribution in [3.8, 4) is 0 Å². The van der Waals surface area contributed by atoms with Gasteiger partial charge in [-0.1, -0.05) is 39.0 Å².